The van der Waals surface area contributed by atoms with Crippen LogP contribution in [0.4, 0.5) is 17.1 Å². The van der Waals surface area contributed by atoms with E-state index in [1.54, 1.807) is 0 Å². The second-order valence-electron chi connectivity index (χ2n) is 12.2. The van der Waals surface area contributed by atoms with Gasteiger partial charge in [-0.2, -0.15) is 12.1 Å². The third kappa shape index (κ3) is 5.21. The van der Waals surface area contributed by atoms with Crippen molar-refractivity contribution in [2.45, 2.75) is 46.1 Å². The Hall–Kier alpha value is -4.08. The van der Waals surface area contributed by atoms with Crippen molar-refractivity contribution in [3.05, 3.63) is 115 Å². The Labute approximate surface area is 268 Å². The van der Waals surface area contributed by atoms with E-state index in [0.717, 1.165) is 40.0 Å². The Kier molecular flexibility index (Phi) is 7.56. The van der Waals surface area contributed by atoms with Crippen LogP contribution in [0.5, 0.6) is 11.5 Å². The summed E-state index contributed by atoms with van der Waals surface area (Å²) in [6, 6.07) is 38.9. The molecule has 218 valence electrons. The van der Waals surface area contributed by atoms with E-state index in [-0.39, 0.29) is 26.5 Å². The Morgan fingerprint density at radius 1 is 0.791 bits per heavy atom. The molecule has 1 aliphatic rings. The van der Waals surface area contributed by atoms with Crippen LogP contribution in [-0.4, -0.2) is 22.3 Å². The molecule has 0 aliphatic carbocycles. The first-order valence-electron chi connectivity index (χ1n) is 14.5. The third-order valence-electron chi connectivity index (χ3n) is 8.06. The molecule has 0 spiro atoms. The fourth-order valence-corrected chi connectivity index (χ4v) is 5.84. The molecule has 0 fully saturated rings. The number of hydrogen-bond acceptors (Lipinski definition) is 4. The molecule has 43 heavy (non-hydrogen) atoms. The minimum Gasteiger partial charge on any atom is -0.509 e. The molecule has 7 rings (SSSR count). The van der Waals surface area contributed by atoms with Crippen molar-refractivity contribution in [1.82, 2.24) is 9.55 Å². The van der Waals surface area contributed by atoms with Crippen molar-refractivity contribution in [1.29, 1.82) is 0 Å². The van der Waals surface area contributed by atoms with Gasteiger partial charge in [0.15, 0.2) is 0 Å². The molecule has 6 aromatic rings. The predicted octanol–water partition coefficient (Wildman–Crippen LogP) is 9.19. The Bertz CT molecular complexity index is 1940. The van der Waals surface area contributed by atoms with E-state index >= 15 is 0 Å². The summed E-state index contributed by atoms with van der Waals surface area (Å²) >= 11 is 0. The molecule has 0 saturated carbocycles. The molecule has 0 amide bonds. The molecular weight excluding hydrogens is 712 g/mol. The van der Waals surface area contributed by atoms with Gasteiger partial charge in [-0.1, -0.05) is 62.3 Å². The third-order valence-corrected chi connectivity index (χ3v) is 8.06. The summed E-state index contributed by atoms with van der Waals surface area (Å²) in [5.74, 6) is 2.16. The van der Waals surface area contributed by atoms with Crippen molar-refractivity contribution in [2.24, 2.45) is 0 Å². The van der Waals surface area contributed by atoms with E-state index in [1.807, 2.05) is 24.4 Å². The van der Waals surface area contributed by atoms with Crippen LogP contribution in [0.3, 0.4) is 0 Å². The fourth-order valence-electron chi connectivity index (χ4n) is 5.84. The molecular formula is C37H34N4OPt. The summed E-state index contributed by atoms with van der Waals surface area (Å²) in [6.45, 7) is 11.9. The second kappa shape index (κ2) is 11.2. The zero-order chi connectivity index (χ0) is 29.0. The summed E-state index contributed by atoms with van der Waals surface area (Å²) in [5, 5.41) is 2.27. The number of fused-ring (bicyclic) bond motifs is 4. The van der Waals surface area contributed by atoms with Crippen LogP contribution in [-0.2, 0) is 26.5 Å². The Balaban J connectivity index is 0.00000329. The van der Waals surface area contributed by atoms with Crippen LogP contribution < -0.4 is 14.5 Å². The quantitative estimate of drug-likeness (QED) is 0.165. The number of rotatable bonds is 5. The van der Waals surface area contributed by atoms with Gasteiger partial charge in [0.25, 0.3) is 0 Å². The monoisotopic (exact) mass is 745 g/mol. The zero-order valence-corrected chi connectivity index (χ0v) is 27.3. The average molecular weight is 746 g/mol. The first kappa shape index (κ1) is 29.0. The Morgan fingerprint density at radius 2 is 1.53 bits per heavy atom. The maximum Gasteiger partial charge on any atom is 2.00 e. The Morgan fingerprint density at radius 3 is 2.33 bits per heavy atom. The number of hydrogen-bond donors (Lipinski definition) is 0. The predicted molar refractivity (Wildman–Crippen MR) is 173 cm³/mol. The number of aromatic nitrogens is 2. The van der Waals surface area contributed by atoms with Gasteiger partial charge in [-0.25, -0.2) is 4.98 Å². The van der Waals surface area contributed by atoms with Crippen LogP contribution in [0.2, 0.25) is 0 Å². The molecule has 0 atom stereocenters. The van der Waals surface area contributed by atoms with E-state index < -0.39 is 0 Å². The normalized spacial score (nSPS) is 13.1. The number of para-hydroxylation sites is 3. The van der Waals surface area contributed by atoms with E-state index in [2.05, 4.69) is 134 Å². The minimum absolute atomic E-state index is 0. The number of nitrogens with zero attached hydrogens (tertiary/aromatic N) is 4. The van der Waals surface area contributed by atoms with Gasteiger partial charge in [-0.3, -0.25) is 0 Å². The fraction of sp³-hybridized carbons (Fsp3) is 0.216. The molecule has 1 aliphatic heterocycles. The van der Waals surface area contributed by atoms with Crippen LogP contribution >= 0.6 is 0 Å². The van der Waals surface area contributed by atoms with Crippen molar-refractivity contribution >= 4 is 38.9 Å². The molecule has 0 bridgehead atoms. The number of pyridine rings is 1. The van der Waals surface area contributed by atoms with E-state index in [9.17, 15) is 0 Å². The van der Waals surface area contributed by atoms with Crippen LogP contribution in [0, 0.1) is 12.1 Å². The van der Waals surface area contributed by atoms with Gasteiger partial charge in [0.1, 0.15) is 5.82 Å². The largest absolute Gasteiger partial charge is 2.00 e. The van der Waals surface area contributed by atoms with Crippen LogP contribution in [0.25, 0.3) is 27.6 Å². The van der Waals surface area contributed by atoms with Crippen molar-refractivity contribution in [3.8, 4) is 17.3 Å². The van der Waals surface area contributed by atoms with Crippen molar-refractivity contribution in [3.63, 3.8) is 0 Å². The van der Waals surface area contributed by atoms with Gasteiger partial charge in [-0.05, 0) is 60.5 Å². The SMILES string of the molecule is CC(C)N1CN(c2[c-]c(Oc3[c-]c4c(cc3)c3ccccc3n4-c3cc(C(C)(C)C)ccn3)ccc2)c2ccccc21.[Pt+2]. The summed E-state index contributed by atoms with van der Waals surface area (Å²) in [4.78, 5) is 9.48. The standard InChI is InChI=1S/C37H34N4O.Pt/c1-25(2)39-24-40(34-16-9-8-15-33(34)39)27-11-10-12-28(22-27)42-29-17-18-31-30-13-6-7-14-32(30)41(35(31)23-29)36-21-26(19-20-38-36)37(3,4)5;/h6-21,25H,24H2,1-5H3;/q-2;+2. The molecule has 2 aromatic heterocycles. The van der Waals surface area contributed by atoms with Crippen molar-refractivity contribution < 1.29 is 25.8 Å². The van der Waals surface area contributed by atoms with E-state index in [4.69, 9.17) is 9.72 Å². The molecule has 4 aromatic carbocycles. The van der Waals surface area contributed by atoms with Crippen molar-refractivity contribution in [2.75, 3.05) is 16.5 Å². The topological polar surface area (TPSA) is 33.5 Å². The number of benzene rings is 4. The zero-order valence-electron chi connectivity index (χ0n) is 25.0. The smallest absolute Gasteiger partial charge is 0.509 e. The summed E-state index contributed by atoms with van der Waals surface area (Å²) in [6.07, 6.45) is 1.90. The summed E-state index contributed by atoms with van der Waals surface area (Å²) < 4.78 is 8.62. The van der Waals surface area contributed by atoms with Crippen LogP contribution in [0.15, 0.2) is 97.2 Å². The molecule has 6 heteroatoms. The molecule has 5 nitrogen and oxygen atoms in total. The van der Waals surface area contributed by atoms with Crippen LogP contribution in [0.1, 0.15) is 40.2 Å². The van der Waals surface area contributed by atoms with Gasteiger partial charge in [0, 0.05) is 29.3 Å². The molecule has 3 heterocycles. The summed E-state index contributed by atoms with van der Waals surface area (Å²) in [7, 11) is 0. The maximum atomic E-state index is 6.43. The van der Waals surface area contributed by atoms with E-state index in [0.29, 0.717) is 17.5 Å². The molecule has 0 saturated heterocycles. The first-order chi connectivity index (χ1) is 20.3. The molecule has 0 radical (unpaired) electrons. The second-order valence-corrected chi connectivity index (χ2v) is 12.2. The van der Waals surface area contributed by atoms with E-state index in [1.165, 1.54) is 16.9 Å². The number of anilines is 3. The van der Waals surface area contributed by atoms with Gasteiger partial charge in [0.05, 0.1) is 18.0 Å². The molecule has 0 N–H and O–H groups in total. The molecule has 0 unspecified atom stereocenters. The minimum atomic E-state index is 0. The van der Waals surface area contributed by atoms with Gasteiger partial charge in [-0.15, -0.1) is 35.7 Å². The first-order valence-corrected chi connectivity index (χ1v) is 14.5. The summed E-state index contributed by atoms with van der Waals surface area (Å²) in [5.41, 5.74) is 6.67. The van der Waals surface area contributed by atoms with Gasteiger partial charge >= 0.3 is 21.1 Å². The number of ether oxygens (including phenoxy) is 1. The maximum absolute atomic E-state index is 6.43. The van der Waals surface area contributed by atoms with Gasteiger partial charge < -0.3 is 19.1 Å². The van der Waals surface area contributed by atoms with Gasteiger partial charge in [0.2, 0.25) is 0 Å². The average Bonchev–Trinajstić information content (AvgIpc) is 3.53.